The number of amides is 2. The molecule has 1 atom stereocenters. The molecule has 1 N–H and O–H groups in total. The molecule has 3 rings (SSSR count). The lowest BCUT2D eigenvalue weighted by Crippen LogP contribution is -2.55. The van der Waals surface area contributed by atoms with Gasteiger partial charge in [-0.2, -0.15) is 0 Å². The summed E-state index contributed by atoms with van der Waals surface area (Å²) in [6.07, 6.45) is 0.348. The summed E-state index contributed by atoms with van der Waals surface area (Å²) in [6, 6.07) is 21.6. The molecule has 0 aliphatic rings. The fraction of sp³-hybridized carbons (Fsp3) is 0.375. The number of carbonyl (C=O) groups excluding carboxylic acids is 2. The molecule has 0 aromatic heterocycles. The van der Waals surface area contributed by atoms with Crippen LogP contribution in [0.1, 0.15) is 52.2 Å². The molecule has 41 heavy (non-hydrogen) atoms. The Morgan fingerprint density at radius 2 is 1.59 bits per heavy atom. The van der Waals surface area contributed by atoms with E-state index < -0.39 is 34.1 Å². The maximum Gasteiger partial charge on any atom is 0.264 e. The van der Waals surface area contributed by atoms with Crippen molar-refractivity contribution in [1.82, 2.24) is 10.2 Å². The summed E-state index contributed by atoms with van der Waals surface area (Å²) in [5, 5.41) is 2.98. The molecule has 0 saturated carbocycles. The number of anilines is 1. The second-order valence-corrected chi connectivity index (χ2v) is 12.8. The minimum atomic E-state index is -4.18. The van der Waals surface area contributed by atoms with Gasteiger partial charge in [0.15, 0.2) is 0 Å². The van der Waals surface area contributed by atoms with Gasteiger partial charge in [0.1, 0.15) is 18.3 Å². The van der Waals surface area contributed by atoms with Gasteiger partial charge in [-0.05, 0) is 70.9 Å². The molecule has 0 aliphatic heterocycles. The Labute approximate surface area is 244 Å². The van der Waals surface area contributed by atoms with E-state index in [4.69, 9.17) is 4.74 Å². The maximum absolute atomic E-state index is 14.2. The van der Waals surface area contributed by atoms with E-state index in [1.807, 2.05) is 58.9 Å². The van der Waals surface area contributed by atoms with Gasteiger partial charge in [0, 0.05) is 12.1 Å². The lowest BCUT2D eigenvalue weighted by molar-refractivity contribution is -0.141. The minimum Gasteiger partial charge on any atom is -0.492 e. The number of hydrogen-bond donors (Lipinski definition) is 1. The standard InChI is InChI=1S/C32H41N3O5S/c1-7-27(31(37)33-32(4,5)6)34(22-25-16-14-15-24(3)21-25)30(36)23-35(28-19-12-13-20-29(28)40-8-2)41(38,39)26-17-10-9-11-18-26/h9-21,27H,7-8,22-23H2,1-6H3,(H,33,37)/t27-/m0/s1. The van der Waals surface area contributed by atoms with Crippen molar-refractivity contribution in [3.63, 3.8) is 0 Å². The highest BCUT2D eigenvalue weighted by molar-refractivity contribution is 7.92. The van der Waals surface area contributed by atoms with E-state index in [0.717, 1.165) is 15.4 Å². The molecule has 8 nitrogen and oxygen atoms in total. The fourth-order valence-electron chi connectivity index (χ4n) is 4.55. The summed E-state index contributed by atoms with van der Waals surface area (Å²) in [5.41, 5.74) is 1.59. The number of rotatable bonds is 12. The first-order chi connectivity index (χ1) is 19.4. The van der Waals surface area contributed by atoms with Crippen molar-refractivity contribution < 1.29 is 22.7 Å². The molecule has 9 heteroatoms. The lowest BCUT2D eigenvalue weighted by Gasteiger charge is -2.35. The van der Waals surface area contributed by atoms with E-state index in [1.54, 1.807) is 49.4 Å². The van der Waals surface area contributed by atoms with E-state index in [9.17, 15) is 18.0 Å². The molecule has 0 saturated heterocycles. The van der Waals surface area contributed by atoms with Crippen LogP contribution in [0.3, 0.4) is 0 Å². The van der Waals surface area contributed by atoms with Gasteiger partial charge in [0.2, 0.25) is 11.8 Å². The normalized spacial score (nSPS) is 12.3. The molecule has 220 valence electrons. The fourth-order valence-corrected chi connectivity index (χ4v) is 6.00. The van der Waals surface area contributed by atoms with Gasteiger partial charge in [-0.25, -0.2) is 8.42 Å². The van der Waals surface area contributed by atoms with Crippen LogP contribution in [0.2, 0.25) is 0 Å². The number of nitrogens with zero attached hydrogens (tertiary/aromatic N) is 2. The van der Waals surface area contributed by atoms with Crippen LogP contribution in [-0.4, -0.2) is 49.9 Å². The highest BCUT2D eigenvalue weighted by Crippen LogP contribution is 2.33. The summed E-state index contributed by atoms with van der Waals surface area (Å²) in [5.74, 6) is -0.466. The lowest BCUT2D eigenvalue weighted by atomic mass is 10.0. The van der Waals surface area contributed by atoms with Crippen molar-refractivity contribution >= 4 is 27.5 Å². The predicted molar refractivity (Wildman–Crippen MR) is 162 cm³/mol. The van der Waals surface area contributed by atoms with Gasteiger partial charge in [-0.1, -0.05) is 67.1 Å². The zero-order chi connectivity index (χ0) is 30.2. The Balaban J connectivity index is 2.11. The Hall–Kier alpha value is -3.85. The average molecular weight is 580 g/mol. The van der Waals surface area contributed by atoms with Crippen LogP contribution >= 0.6 is 0 Å². The van der Waals surface area contributed by atoms with Gasteiger partial charge in [0.25, 0.3) is 10.0 Å². The number of benzene rings is 3. The van der Waals surface area contributed by atoms with Crippen molar-refractivity contribution in [3.8, 4) is 5.75 Å². The quantitative estimate of drug-likeness (QED) is 0.314. The highest BCUT2D eigenvalue weighted by Gasteiger charge is 2.35. The third-order valence-electron chi connectivity index (χ3n) is 6.36. The SMILES string of the molecule is CCOc1ccccc1N(CC(=O)N(Cc1cccc(C)c1)[C@@H](CC)C(=O)NC(C)(C)C)S(=O)(=O)c1ccccc1. The Morgan fingerprint density at radius 1 is 0.927 bits per heavy atom. The molecular formula is C32H41N3O5S. The number of hydrogen-bond acceptors (Lipinski definition) is 5. The summed E-state index contributed by atoms with van der Waals surface area (Å²) >= 11 is 0. The molecule has 0 heterocycles. The van der Waals surface area contributed by atoms with Gasteiger partial charge < -0.3 is 15.0 Å². The predicted octanol–water partition coefficient (Wildman–Crippen LogP) is 5.31. The molecule has 0 bridgehead atoms. The second-order valence-electron chi connectivity index (χ2n) is 10.9. The van der Waals surface area contributed by atoms with Crippen LogP contribution in [0, 0.1) is 6.92 Å². The summed E-state index contributed by atoms with van der Waals surface area (Å²) in [6.45, 7) is 11.2. The average Bonchev–Trinajstić information content (AvgIpc) is 2.91. The highest BCUT2D eigenvalue weighted by atomic mass is 32.2. The first-order valence-corrected chi connectivity index (χ1v) is 15.3. The molecule has 3 aromatic rings. The molecule has 0 unspecified atom stereocenters. The first kappa shape index (κ1) is 31.7. The molecule has 0 spiro atoms. The zero-order valence-electron chi connectivity index (χ0n) is 24.8. The number of aryl methyl sites for hydroxylation is 1. The number of nitrogens with one attached hydrogen (secondary N) is 1. The van der Waals surface area contributed by atoms with Crippen LogP contribution in [0.5, 0.6) is 5.75 Å². The van der Waals surface area contributed by atoms with Gasteiger partial charge in [-0.15, -0.1) is 0 Å². The number of ether oxygens (including phenoxy) is 1. The van der Waals surface area contributed by atoms with E-state index >= 15 is 0 Å². The second kappa shape index (κ2) is 13.7. The van der Waals surface area contributed by atoms with Crippen LogP contribution in [-0.2, 0) is 26.2 Å². The Morgan fingerprint density at radius 3 is 2.20 bits per heavy atom. The molecule has 0 aliphatic carbocycles. The van der Waals surface area contributed by atoms with Crippen LogP contribution < -0.4 is 14.4 Å². The van der Waals surface area contributed by atoms with Crippen molar-refractivity contribution in [1.29, 1.82) is 0 Å². The van der Waals surface area contributed by atoms with Gasteiger partial charge in [0.05, 0.1) is 17.2 Å². The zero-order valence-corrected chi connectivity index (χ0v) is 25.6. The minimum absolute atomic E-state index is 0.0434. The third kappa shape index (κ3) is 8.33. The molecule has 3 aromatic carbocycles. The first-order valence-electron chi connectivity index (χ1n) is 13.8. The largest absolute Gasteiger partial charge is 0.492 e. The van der Waals surface area contributed by atoms with Crippen molar-refractivity contribution in [3.05, 3.63) is 90.0 Å². The summed E-state index contributed by atoms with van der Waals surface area (Å²) in [7, 11) is -4.18. The summed E-state index contributed by atoms with van der Waals surface area (Å²) in [4.78, 5) is 29.2. The van der Waals surface area contributed by atoms with E-state index in [1.165, 1.54) is 17.0 Å². The topological polar surface area (TPSA) is 96.0 Å². The number of carbonyl (C=O) groups is 2. The number of sulfonamides is 1. The Bertz CT molecular complexity index is 1430. The van der Waals surface area contributed by atoms with Crippen LogP contribution in [0.15, 0.2) is 83.8 Å². The summed E-state index contributed by atoms with van der Waals surface area (Å²) < 4.78 is 34.9. The maximum atomic E-state index is 14.2. The van der Waals surface area contributed by atoms with Gasteiger partial charge >= 0.3 is 0 Å². The van der Waals surface area contributed by atoms with Crippen LogP contribution in [0.25, 0.3) is 0 Å². The van der Waals surface area contributed by atoms with E-state index in [2.05, 4.69) is 5.32 Å². The molecule has 0 radical (unpaired) electrons. The molecular weight excluding hydrogens is 538 g/mol. The van der Waals surface area contributed by atoms with E-state index in [0.29, 0.717) is 18.8 Å². The Kier molecular flexibility index (Phi) is 10.6. The molecule has 0 fully saturated rings. The van der Waals surface area contributed by atoms with Crippen LogP contribution in [0.4, 0.5) is 5.69 Å². The third-order valence-corrected chi connectivity index (χ3v) is 8.14. The van der Waals surface area contributed by atoms with Crippen molar-refractivity contribution in [2.45, 2.75) is 71.0 Å². The van der Waals surface area contributed by atoms with Crippen molar-refractivity contribution in [2.75, 3.05) is 17.5 Å². The van der Waals surface area contributed by atoms with E-state index in [-0.39, 0.29) is 23.0 Å². The smallest absolute Gasteiger partial charge is 0.264 e. The number of para-hydroxylation sites is 2. The van der Waals surface area contributed by atoms with Gasteiger partial charge in [-0.3, -0.25) is 13.9 Å². The monoisotopic (exact) mass is 579 g/mol. The van der Waals surface area contributed by atoms with Crippen molar-refractivity contribution in [2.24, 2.45) is 0 Å². The molecule has 2 amide bonds.